The number of guanidine groups is 1. The molecule has 1 aliphatic heterocycles. The van der Waals surface area contributed by atoms with Gasteiger partial charge in [-0.25, -0.2) is 0 Å². The van der Waals surface area contributed by atoms with Crippen LogP contribution in [0.15, 0.2) is 35.3 Å². The molecular formula is C24H39N5O. The van der Waals surface area contributed by atoms with Gasteiger partial charge in [-0.1, -0.05) is 57.0 Å². The molecule has 2 N–H and O–H groups in total. The first-order chi connectivity index (χ1) is 14.5. The quantitative estimate of drug-likeness (QED) is 0.533. The Morgan fingerprint density at radius 2 is 1.73 bits per heavy atom. The summed E-state index contributed by atoms with van der Waals surface area (Å²) in [5.74, 6) is 1.54. The molecule has 1 aromatic rings. The molecule has 6 heteroatoms. The average Bonchev–Trinajstić information content (AvgIpc) is 3.31. The number of rotatable bonds is 7. The number of carbonyl (C=O) groups excluding carboxylic acids is 1. The lowest BCUT2D eigenvalue weighted by molar-refractivity contribution is -0.137. The maximum atomic E-state index is 12.6. The second-order valence-corrected chi connectivity index (χ2v) is 9.25. The summed E-state index contributed by atoms with van der Waals surface area (Å²) in [5, 5.41) is 6.90. The van der Waals surface area contributed by atoms with Gasteiger partial charge in [0.2, 0.25) is 5.91 Å². The van der Waals surface area contributed by atoms with E-state index in [0.29, 0.717) is 11.8 Å². The van der Waals surface area contributed by atoms with Gasteiger partial charge in [-0.15, -0.1) is 0 Å². The Balaban J connectivity index is 1.35. The minimum atomic E-state index is 0.0288. The van der Waals surface area contributed by atoms with E-state index in [9.17, 15) is 4.79 Å². The zero-order chi connectivity index (χ0) is 21.4. The van der Waals surface area contributed by atoms with Crippen molar-refractivity contribution in [2.24, 2.45) is 10.9 Å². The second-order valence-electron chi connectivity index (χ2n) is 9.25. The predicted octanol–water partition coefficient (Wildman–Crippen LogP) is 2.46. The number of hydrogen-bond donors (Lipinski definition) is 2. The van der Waals surface area contributed by atoms with Gasteiger partial charge >= 0.3 is 0 Å². The van der Waals surface area contributed by atoms with Crippen LogP contribution in [-0.2, 0) is 10.2 Å². The zero-order valence-corrected chi connectivity index (χ0v) is 19.0. The molecule has 2 aliphatic rings. The molecule has 166 valence electrons. The van der Waals surface area contributed by atoms with E-state index in [-0.39, 0.29) is 5.41 Å². The van der Waals surface area contributed by atoms with Crippen LogP contribution in [0.25, 0.3) is 0 Å². The molecule has 1 saturated carbocycles. The molecule has 1 amide bonds. The highest BCUT2D eigenvalue weighted by atomic mass is 16.2. The maximum absolute atomic E-state index is 12.6. The molecule has 1 heterocycles. The van der Waals surface area contributed by atoms with Crippen LogP contribution >= 0.6 is 0 Å². The molecule has 0 aromatic heterocycles. The molecule has 3 rings (SSSR count). The van der Waals surface area contributed by atoms with Crippen LogP contribution in [0, 0.1) is 5.92 Å². The first-order valence-corrected chi connectivity index (χ1v) is 11.5. The molecule has 0 spiro atoms. The van der Waals surface area contributed by atoms with E-state index in [0.717, 1.165) is 64.6 Å². The Bertz CT molecular complexity index is 689. The van der Waals surface area contributed by atoms with Crippen molar-refractivity contribution in [2.45, 2.75) is 44.9 Å². The summed E-state index contributed by atoms with van der Waals surface area (Å²) in [6.07, 6.45) is 4.63. The Morgan fingerprint density at radius 3 is 2.37 bits per heavy atom. The molecule has 2 fully saturated rings. The van der Waals surface area contributed by atoms with E-state index in [4.69, 9.17) is 0 Å². The van der Waals surface area contributed by atoms with Crippen LogP contribution in [0.4, 0.5) is 0 Å². The van der Waals surface area contributed by atoms with Gasteiger partial charge in [-0.05, 0) is 18.4 Å². The normalized spacial score (nSPS) is 19.2. The van der Waals surface area contributed by atoms with Crippen LogP contribution in [0.2, 0.25) is 0 Å². The van der Waals surface area contributed by atoms with Crippen molar-refractivity contribution in [3.8, 4) is 0 Å². The average molecular weight is 414 g/mol. The molecular weight excluding hydrogens is 374 g/mol. The minimum Gasteiger partial charge on any atom is -0.356 e. The first kappa shape index (κ1) is 22.6. The smallest absolute Gasteiger partial charge is 0.225 e. The van der Waals surface area contributed by atoms with Crippen molar-refractivity contribution in [1.82, 2.24) is 20.4 Å². The van der Waals surface area contributed by atoms with E-state index in [1.54, 1.807) is 0 Å². The van der Waals surface area contributed by atoms with Crippen molar-refractivity contribution in [1.29, 1.82) is 0 Å². The highest BCUT2D eigenvalue weighted by Crippen LogP contribution is 2.27. The molecule has 0 atom stereocenters. The van der Waals surface area contributed by atoms with Crippen molar-refractivity contribution in [3.63, 3.8) is 0 Å². The highest BCUT2D eigenvalue weighted by molar-refractivity contribution is 5.80. The lowest BCUT2D eigenvalue weighted by atomic mass is 9.85. The Labute approximate surface area is 182 Å². The van der Waals surface area contributed by atoms with Crippen molar-refractivity contribution >= 4 is 11.9 Å². The Kier molecular flexibility index (Phi) is 8.14. The molecule has 0 unspecified atom stereocenters. The van der Waals surface area contributed by atoms with Crippen LogP contribution in [-0.4, -0.2) is 74.5 Å². The van der Waals surface area contributed by atoms with Gasteiger partial charge in [0, 0.05) is 64.2 Å². The van der Waals surface area contributed by atoms with Crippen LogP contribution < -0.4 is 10.6 Å². The fraction of sp³-hybridized carbons (Fsp3) is 0.667. The number of carbonyl (C=O) groups is 1. The zero-order valence-electron chi connectivity index (χ0n) is 19.0. The van der Waals surface area contributed by atoms with Gasteiger partial charge in [0.05, 0.1) is 0 Å². The molecule has 1 aliphatic carbocycles. The number of hydrogen-bond acceptors (Lipinski definition) is 3. The molecule has 0 bridgehead atoms. The van der Waals surface area contributed by atoms with Gasteiger partial charge < -0.3 is 15.5 Å². The van der Waals surface area contributed by atoms with Gasteiger partial charge in [-0.2, -0.15) is 0 Å². The van der Waals surface area contributed by atoms with Gasteiger partial charge in [0.25, 0.3) is 0 Å². The number of nitrogens with zero attached hydrogens (tertiary/aromatic N) is 3. The summed E-state index contributed by atoms with van der Waals surface area (Å²) < 4.78 is 0. The number of amides is 1. The molecule has 0 radical (unpaired) electrons. The monoisotopic (exact) mass is 413 g/mol. The minimum absolute atomic E-state index is 0.0288. The predicted molar refractivity (Wildman–Crippen MR) is 124 cm³/mol. The molecule has 1 saturated heterocycles. The van der Waals surface area contributed by atoms with Gasteiger partial charge in [-0.3, -0.25) is 14.7 Å². The summed E-state index contributed by atoms with van der Waals surface area (Å²) in [5.41, 5.74) is 1.35. The number of piperazine rings is 1. The summed E-state index contributed by atoms with van der Waals surface area (Å²) >= 11 is 0. The van der Waals surface area contributed by atoms with Gasteiger partial charge in [0.15, 0.2) is 5.96 Å². The van der Waals surface area contributed by atoms with Crippen molar-refractivity contribution in [2.75, 3.05) is 52.9 Å². The fourth-order valence-electron chi connectivity index (χ4n) is 4.47. The van der Waals surface area contributed by atoms with Crippen molar-refractivity contribution in [3.05, 3.63) is 35.9 Å². The molecule has 30 heavy (non-hydrogen) atoms. The standard InChI is InChI=1S/C24H39N5O/c1-24(2,21-11-5-4-6-12-21)19-27-23(25-3)26-13-14-28-15-17-29(18-16-28)22(30)20-9-7-8-10-20/h4-6,11-12,20H,7-10,13-19H2,1-3H3,(H2,25,26,27). The lowest BCUT2D eigenvalue weighted by Gasteiger charge is -2.36. The van der Waals surface area contributed by atoms with E-state index in [1.165, 1.54) is 18.4 Å². The number of aliphatic imine (C=N–C) groups is 1. The third-order valence-electron chi connectivity index (χ3n) is 6.59. The number of benzene rings is 1. The van der Waals surface area contributed by atoms with Crippen LogP contribution in [0.5, 0.6) is 0 Å². The lowest BCUT2D eigenvalue weighted by Crippen LogP contribution is -2.52. The van der Waals surface area contributed by atoms with E-state index in [2.05, 4.69) is 69.6 Å². The third-order valence-corrected chi connectivity index (χ3v) is 6.59. The highest BCUT2D eigenvalue weighted by Gasteiger charge is 2.29. The van der Waals surface area contributed by atoms with Crippen molar-refractivity contribution < 1.29 is 4.79 Å². The van der Waals surface area contributed by atoms with Gasteiger partial charge in [0.1, 0.15) is 0 Å². The van der Waals surface area contributed by atoms with Crippen LogP contribution in [0.3, 0.4) is 0 Å². The van der Waals surface area contributed by atoms with E-state index in [1.807, 2.05) is 7.05 Å². The van der Waals surface area contributed by atoms with Crippen LogP contribution in [0.1, 0.15) is 45.1 Å². The van der Waals surface area contributed by atoms with E-state index >= 15 is 0 Å². The molecule has 1 aromatic carbocycles. The topological polar surface area (TPSA) is 60.0 Å². The number of nitrogens with one attached hydrogen (secondary N) is 2. The fourth-order valence-corrected chi connectivity index (χ4v) is 4.47. The maximum Gasteiger partial charge on any atom is 0.225 e. The van der Waals surface area contributed by atoms with E-state index < -0.39 is 0 Å². The Morgan fingerprint density at radius 1 is 1.07 bits per heavy atom. The first-order valence-electron chi connectivity index (χ1n) is 11.5. The molecule has 6 nitrogen and oxygen atoms in total. The largest absolute Gasteiger partial charge is 0.356 e. The summed E-state index contributed by atoms with van der Waals surface area (Å²) in [6.45, 7) is 10.8. The second kappa shape index (κ2) is 10.8. The summed E-state index contributed by atoms with van der Waals surface area (Å²) in [4.78, 5) is 21.5. The summed E-state index contributed by atoms with van der Waals surface area (Å²) in [7, 11) is 1.82. The third kappa shape index (κ3) is 6.21. The SMILES string of the molecule is CN=C(NCCN1CCN(C(=O)C2CCCC2)CC1)NCC(C)(C)c1ccccc1. The Hall–Kier alpha value is -2.08. The summed E-state index contributed by atoms with van der Waals surface area (Å²) in [6, 6.07) is 10.6.